The van der Waals surface area contributed by atoms with Crippen LogP contribution in [-0.2, 0) is 6.42 Å². The summed E-state index contributed by atoms with van der Waals surface area (Å²) in [5, 5.41) is 3.02. The molecule has 100 valence electrons. The third-order valence-electron chi connectivity index (χ3n) is 3.58. The molecule has 1 saturated heterocycles. The molecule has 0 spiro atoms. The SMILES string of the molecule is Cc1ccc(CC2NCCCC2C(F)(F)F)cc1. The van der Waals surface area contributed by atoms with Gasteiger partial charge in [0.05, 0.1) is 5.92 Å². The van der Waals surface area contributed by atoms with Gasteiger partial charge in [0.1, 0.15) is 0 Å². The molecule has 2 atom stereocenters. The molecular formula is C14H18F3N. The molecule has 4 heteroatoms. The lowest BCUT2D eigenvalue weighted by atomic mass is 9.86. The van der Waals surface area contributed by atoms with Gasteiger partial charge in [-0.3, -0.25) is 0 Å². The summed E-state index contributed by atoms with van der Waals surface area (Å²) >= 11 is 0. The Morgan fingerprint density at radius 1 is 1.22 bits per heavy atom. The Hall–Kier alpha value is -1.03. The summed E-state index contributed by atoms with van der Waals surface area (Å²) in [6, 6.07) is 7.24. The predicted octanol–water partition coefficient (Wildman–Crippen LogP) is 3.47. The second-order valence-electron chi connectivity index (χ2n) is 5.04. The highest BCUT2D eigenvalue weighted by Gasteiger charge is 2.45. The van der Waals surface area contributed by atoms with E-state index in [0.717, 1.165) is 11.1 Å². The molecule has 1 aromatic rings. The molecule has 18 heavy (non-hydrogen) atoms. The van der Waals surface area contributed by atoms with E-state index in [4.69, 9.17) is 0 Å². The monoisotopic (exact) mass is 257 g/mol. The molecule has 0 amide bonds. The van der Waals surface area contributed by atoms with E-state index < -0.39 is 18.1 Å². The van der Waals surface area contributed by atoms with Crippen molar-refractivity contribution in [1.82, 2.24) is 5.32 Å². The van der Waals surface area contributed by atoms with Gasteiger partial charge in [-0.05, 0) is 38.3 Å². The molecule has 0 bridgehead atoms. The van der Waals surface area contributed by atoms with Crippen LogP contribution in [0.15, 0.2) is 24.3 Å². The van der Waals surface area contributed by atoms with Crippen molar-refractivity contribution in [2.45, 2.75) is 38.4 Å². The quantitative estimate of drug-likeness (QED) is 0.855. The Labute approximate surface area is 105 Å². The zero-order valence-electron chi connectivity index (χ0n) is 10.4. The van der Waals surface area contributed by atoms with Gasteiger partial charge in [0, 0.05) is 6.04 Å². The molecule has 0 aromatic heterocycles. The lowest BCUT2D eigenvalue weighted by molar-refractivity contribution is -0.188. The summed E-state index contributed by atoms with van der Waals surface area (Å²) < 4.78 is 38.8. The van der Waals surface area contributed by atoms with Gasteiger partial charge in [-0.2, -0.15) is 13.2 Å². The Morgan fingerprint density at radius 2 is 1.89 bits per heavy atom. The number of hydrogen-bond acceptors (Lipinski definition) is 1. The fourth-order valence-corrected chi connectivity index (χ4v) is 2.54. The second kappa shape index (κ2) is 5.31. The number of nitrogens with one attached hydrogen (secondary N) is 1. The van der Waals surface area contributed by atoms with Crippen LogP contribution >= 0.6 is 0 Å². The number of hydrogen-bond donors (Lipinski definition) is 1. The summed E-state index contributed by atoms with van der Waals surface area (Å²) in [6.45, 7) is 2.66. The van der Waals surface area contributed by atoms with Crippen molar-refractivity contribution in [2.75, 3.05) is 6.54 Å². The van der Waals surface area contributed by atoms with Crippen LogP contribution in [0.5, 0.6) is 0 Å². The van der Waals surface area contributed by atoms with Gasteiger partial charge in [0.15, 0.2) is 0 Å². The van der Waals surface area contributed by atoms with Crippen molar-refractivity contribution < 1.29 is 13.2 Å². The van der Waals surface area contributed by atoms with E-state index in [-0.39, 0.29) is 6.42 Å². The van der Waals surface area contributed by atoms with Gasteiger partial charge in [-0.25, -0.2) is 0 Å². The number of benzene rings is 1. The summed E-state index contributed by atoms with van der Waals surface area (Å²) in [5.74, 6) is -1.22. The summed E-state index contributed by atoms with van der Waals surface area (Å²) in [5.41, 5.74) is 2.09. The molecule has 1 fully saturated rings. The summed E-state index contributed by atoms with van der Waals surface area (Å²) in [7, 11) is 0. The maximum Gasteiger partial charge on any atom is 0.393 e. The zero-order valence-corrected chi connectivity index (χ0v) is 10.4. The lowest BCUT2D eigenvalue weighted by Gasteiger charge is -2.34. The van der Waals surface area contributed by atoms with Gasteiger partial charge in [-0.1, -0.05) is 29.8 Å². The average molecular weight is 257 g/mol. The van der Waals surface area contributed by atoms with Crippen LogP contribution in [0.3, 0.4) is 0 Å². The molecule has 0 aliphatic carbocycles. The maximum atomic E-state index is 12.9. The lowest BCUT2D eigenvalue weighted by Crippen LogP contribution is -2.48. The van der Waals surface area contributed by atoms with Crippen LogP contribution in [0.4, 0.5) is 13.2 Å². The first-order valence-corrected chi connectivity index (χ1v) is 6.32. The van der Waals surface area contributed by atoms with Crippen LogP contribution in [0.25, 0.3) is 0 Å². The molecule has 0 radical (unpaired) electrons. The Bertz CT molecular complexity index is 383. The molecule has 1 heterocycles. The molecule has 2 rings (SSSR count). The van der Waals surface area contributed by atoms with Crippen LogP contribution in [0.2, 0.25) is 0 Å². The van der Waals surface area contributed by atoms with Gasteiger partial charge < -0.3 is 5.32 Å². The average Bonchev–Trinajstić information content (AvgIpc) is 2.31. The molecule has 1 aliphatic heterocycles. The molecule has 0 saturated carbocycles. The van der Waals surface area contributed by atoms with Gasteiger partial charge in [0.25, 0.3) is 0 Å². The standard InChI is InChI=1S/C14H18F3N/c1-10-4-6-11(7-5-10)9-13-12(14(15,16)17)3-2-8-18-13/h4-7,12-13,18H,2-3,8-9H2,1H3. The number of rotatable bonds is 2. The van der Waals surface area contributed by atoms with E-state index in [9.17, 15) is 13.2 Å². The second-order valence-corrected chi connectivity index (χ2v) is 5.04. The first-order chi connectivity index (χ1) is 8.47. The third-order valence-corrected chi connectivity index (χ3v) is 3.58. The summed E-state index contributed by atoms with van der Waals surface area (Å²) in [6.07, 6.45) is -2.80. The van der Waals surface area contributed by atoms with Crippen molar-refractivity contribution in [3.63, 3.8) is 0 Å². The first kappa shape index (κ1) is 13.4. The van der Waals surface area contributed by atoms with Crippen LogP contribution in [-0.4, -0.2) is 18.8 Å². The minimum atomic E-state index is -4.09. The highest BCUT2D eigenvalue weighted by Crippen LogP contribution is 2.35. The van der Waals surface area contributed by atoms with Crippen molar-refractivity contribution >= 4 is 0 Å². The Morgan fingerprint density at radius 3 is 2.50 bits per heavy atom. The molecular weight excluding hydrogens is 239 g/mol. The normalized spacial score (nSPS) is 25.1. The number of aryl methyl sites for hydroxylation is 1. The van der Waals surface area contributed by atoms with Crippen LogP contribution in [0.1, 0.15) is 24.0 Å². The Kier molecular flexibility index (Phi) is 3.95. The maximum absolute atomic E-state index is 12.9. The van der Waals surface area contributed by atoms with Crippen LogP contribution < -0.4 is 5.32 Å². The highest BCUT2D eigenvalue weighted by molar-refractivity contribution is 5.22. The fraction of sp³-hybridized carbons (Fsp3) is 0.571. The number of piperidine rings is 1. The Balaban J connectivity index is 2.08. The predicted molar refractivity (Wildman–Crippen MR) is 65.5 cm³/mol. The van der Waals surface area contributed by atoms with Gasteiger partial charge >= 0.3 is 6.18 Å². The minimum absolute atomic E-state index is 0.243. The van der Waals surface area contributed by atoms with Crippen molar-refractivity contribution in [2.24, 2.45) is 5.92 Å². The molecule has 1 aromatic carbocycles. The third kappa shape index (κ3) is 3.25. The highest BCUT2D eigenvalue weighted by atomic mass is 19.4. The number of alkyl halides is 3. The topological polar surface area (TPSA) is 12.0 Å². The zero-order chi connectivity index (χ0) is 13.2. The summed E-state index contributed by atoms with van der Waals surface area (Å²) in [4.78, 5) is 0. The minimum Gasteiger partial charge on any atom is -0.313 e. The van der Waals surface area contributed by atoms with Gasteiger partial charge in [0.2, 0.25) is 0 Å². The van der Waals surface area contributed by atoms with E-state index in [1.165, 1.54) is 0 Å². The van der Waals surface area contributed by atoms with E-state index in [0.29, 0.717) is 19.4 Å². The van der Waals surface area contributed by atoms with E-state index in [1.54, 1.807) is 0 Å². The first-order valence-electron chi connectivity index (χ1n) is 6.32. The smallest absolute Gasteiger partial charge is 0.313 e. The fourth-order valence-electron chi connectivity index (χ4n) is 2.54. The largest absolute Gasteiger partial charge is 0.393 e. The molecule has 2 unspecified atom stereocenters. The van der Waals surface area contributed by atoms with Crippen molar-refractivity contribution in [3.05, 3.63) is 35.4 Å². The van der Waals surface area contributed by atoms with Gasteiger partial charge in [-0.15, -0.1) is 0 Å². The molecule has 1 nitrogen and oxygen atoms in total. The number of halogens is 3. The van der Waals surface area contributed by atoms with E-state index >= 15 is 0 Å². The van der Waals surface area contributed by atoms with Crippen molar-refractivity contribution in [1.29, 1.82) is 0 Å². The van der Waals surface area contributed by atoms with E-state index in [2.05, 4.69) is 5.32 Å². The molecule has 1 N–H and O–H groups in total. The van der Waals surface area contributed by atoms with Crippen molar-refractivity contribution in [3.8, 4) is 0 Å². The molecule has 1 aliphatic rings. The van der Waals surface area contributed by atoms with E-state index in [1.807, 2.05) is 31.2 Å². The van der Waals surface area contributed by atoms with Crippen LogP contribution in [0, 0.1) is 12.8 Å².